The highest BCUT2D eigenvalue weighted by Crippen LogP contribution is 2.15. The summed E-state index contributed by atoms with van der Waals surface area (Å²) in [6.45, 7) is 11.2. The van der Waals surface area contributed by atoms with Crippen LogP contribution in [0.1, 0.15) is 70.1 Å². The molecule has 0 saturated carbocycles. The first-order chi connectivity index (χ1) is 15.4. The van der Waals surface area contributed by atoms with Gasteiger partial charge in [-0.05, 0) is 52.9 Å². The number of aryl methyl sites for hydroxylation is 1. The number of hydrogen-bond acceptors (Lipinski definition) is 7. The SMILES string of the molecule is Cc1cc(C(=O)N[C@@H](CCC(C)C)C(=O)NN(C[C@@H]2CCNC2=O)C(=O)OC(C)(C)C)no1. The third-order valence-corrected chi connectivity index (χ3v) is 4.94. The van der Waals surface area contributed by atoms with Crippen LogP contribution in [0.5, 0.6) is 0 Å². The largest absolute Gasteiger partial charge is 0.442 e. The van der Waals surface area contributed by atoms with E-state index >= 15 is 0 Å². The maximum absolute atomic E-state index is 13.1. The van der Waals surface area contributed by atoms with Gasteiger partial charge in [-0.3, -0.25) is 19.8 Å². The van der Waals surface area contributed by atoms with Crippen LogP contribution in [0, 0.1) is 18.8 Å². The number of carbonyl (C=O) groups excluding carboxylic acids is 4. The van der Waals surface area contributed by atoms with Gasteiger partial charge in [0.25, 0.3) is 11.8 Å². The first kappa shape index (κ1) is 26.1. The van der Waals surface area contributed by atoms with E-state index in [0.717, 1.165) is 5.01 Å². The molecule has 0 unspecified atom stereocenters. The van der Waals surface area contributed by atoms with E-state index in [-0.39, 0.29) is 24.1 Å². The van der Waals surface area contributed by atoms with Crippen LogP contribution in [0.2, 0.25) is 0 Å². The molecule has 11 heteroatoms. The number of rotatable bonds is 8. The Morgan fingerprint density at radius 3 is 2.52 bits per heavy atom. The summed E-state index contributed by atoms with van der Waals surface area (Å²) in [6, 6.07) is 0.539. The Kier molecular flexibility index (Phi) is 8.84. The quantitative estimate of drug-likeness (QED) is 0.498. The Bertz CT molecular complexity index is 860. The van der Waals surface area contributed by atoms with E-state index in [1.807, 2.05) is 13.8 Å². The normalized spacial score (nSPS) is 16.8. The average Bonchev–Trinajstić information content (AvgIpc) is 3.31. The van der Waals surface area contributed by atoms with Crippen molar-refractivity contribution in [2.75, 3.05) is 13.1 Å². The van der Waals surface area contributed by atoms with Crippen molar-refractivity contribution in [3.63, 3.8) is 0 Å². The summed E-state index contributed by atoms with van der Waals surface area (Å²) in [4.78, 5) is 50.5. The van der Waals surface area contributed by atoms with Gasteiger partial charge < -0.3 is 19.9 Å². The predicted octanol–water partition coefficient (Wildman–Crippen LogP) is 1.92. The zero-order chi connectivity index (χ0) is 24.8. The maximum atomic E-state index is 13.1. The molecule has 1 aliphatic heterocycles. The highest BCUT2D eigenvalue weighted by atomic mass is 16.6. The fraction of sp³-hybridized carbons (Fsp3) is 0.682. The third-order valence-electron chi connectivity index (χ3n) is 4.94. The molecule has 0 radical (unpaired) electrons. The lowest BCUT2D eigenvalue weighted by Gasteiger charge is -2.30. The molecule has 2 atom stereocenters. The van der Waals surface area contributed by atoms with Gasteiger partial charge in [0.2, 0.25) is 5.91 Å². The average molecular weight is 466 g/mol. The molecule has 0 aliphatic carbocycles. The van der Waals surface area contributed by atoms with Gasteiger partial charge in [0.1, 0.15) is 17.4 Å². The number of amides is 4. The molecule has 4 amide bonds. The van der Waals surface area contributed by atoms with Crippen LogP contribution >= 0.6 is 0 Å². The summed E-state index contributed by atoms with van der Waals surface area (Å²) in [5.74, 6) is -1.06. The maximum Gasteiger partial charge on any atom is 0.429 e. The fourth-order valence-corrected chi connectivity index (χ4v) is 3.21. The molecule has 33 heavy (non-hydrogen) atoms. The lowest BCUT2D eigenvalue weighted by Crippen LogP contribution is -2.56. The molecule has 1 saturated heterocycles. The van der Waals surface area contributed by atoms with E-state index in [1.54, 1.807) is 27.7 Å². The van der Waals surface area contributed by atoms with Crippen molar-refractivity contribution in [1.82, 2.24) is 26.2 Å². The van der Waals surface area contributed by atoms with Crippen LogP contribution in [0.25, 0.3) is 0 Å². The van der Waals surface area contributed by atoms with Gasteiger partial charge in [0, 0.05) is 12.6 Å². The molecule has 0 spiro atoms. The molecule has 1 aromatic rings. The van der Waals surface area contributed by atoms with Crippen molar-refractivity contribution in [3.05, 3.63) is 17.5 Å². The second-order valence-corrected chi connectivity index (χ2v) is 9.66. The molecular formula is C22H35N5O6. The van der Waals surface area contributed by atoms with Gasteiger partial charge in [0.15, 0.2) is 5.69 Å². The van der Waals surface area contributed by atoms with Crippen molar-refractivity contribution in [2.45, 2.75) is 72.4 Å². The van der Waals surface area contributed by atoms with E-state index < -0.39 is 35.5 Å². The third kappa shape index (κ3) is 8.39. The number of carbonyl (C=O) groups is 4. The standard InChI is InChI=1S/C22H35N5O6/c1-13(2)7-8-16(24-19(29)17-11-14(3)33-26-17)20(30)25-27(21(31)32-22(4,5)6)12-15-9-10-23-18(15)28/h11,13,15-16H,7-10,12H2,1-6H3,(H,23,28)(H,24,29)(H,25,30)/t15-,16-/m0/s1. The minimum Gasteiger partial charge on any atom is -0.442 e. The molecular weight excluding hydrogens is 430 g/mol. The van der Waals surface area contributed by atoms with E-state index in [0.29, 0.717) is 31.6 Å². The lowest BCUT2D eigenvalue weighted by atomic mass is 10.0. The molecule has 2 rings (SSSR count). The van der Waals surface area contributed by atoms with Gasteiger partial charge in [-0.25, -0.2) is 9.80 Å². The smallest absolute Gasteiger partial charge is 0.429 e. The zero-order valence-corrected chi connectivity index (χ0v) is 20.2. The fourth-order valence-electron chi connectivity index (χ4n) is 3.21. The van der Waals surface area contributed by atoms with Crippen LogP contribution in [0.15, 0.2) is 10.6 Å². The number of aromatic nitrogens is 1. The van der Waals surface area contributed by atoms with Crippen LogP contribution in [-0.4, -0.2) is 58.7 Å². The van der Waals surface area contributed by atoms with Gasteiger partial charge >= 0.3 is 6.09 Å². The molecule has 1 aliphatic rings. The number of hydrazine groups is 1. The Morgan fingerprint density at radius 2 is 2.00 bits per heavy atom. The zero-order valence-electron chi connectivity index (χ0n) is 20.2. The minimum atomic E-state index is -0.931. The first-order valence-corrected chi connectivity index (χ1v) is 11.2. The predicted molar refractivity (Wildman–Crippen MR) is 119 cm³/mol. The highest BCUT2D eigenvalue weighted by molar-refractivity contribution is 5.96. The Morgan fingerprint density at radius 1 is 1.30 bits per heavy atom. The summed E-state index contributed by atoms with van der Waals surface area (Å²) >= 11 is 0. The Hall–Kier alpha value is -3.11. The lowest BCUT2D eigenvalue weighted by molar-refractivity contribution is -0.130. The summed E-state index contributed by atoms with van der Waals surface area (Å²) in [5, 5.41) is 10.1. The summed E-state index contributed by atoms with van der Waals surface area (Å²) < 4.78 is 10.3. The van der Waals surface area contributed by atoms with Crippen LogP contribution < -0.4 is 16.1 Å². The van der Waals surface area contributed by atoms with Crippen LogP contribution in [0.4, 0.5) is 4.79 Å². The molecule has 0 bridgehead atoms. The minimum absolute atomic E-state index is 0.0419. The van der Waals surface area contributed by atoms with Crippen LogP contribution in [-0.2, 0) is 14.3 Å². The summed E-state index contributed by atoms with van der Waals surface area (Å²) in [7, 11) is 0. The van der Waals surface area contributed by atoms with Crippen molar-refractivity contribution >= 4 is 23.8 Å². The molecule has 3 N–H and O–H groups in total. The van der Waals surface area contributed by atoms with Gasteiger partial charge in [-0.2, -0.15) is 0 Å². The Labute approximate surface area is 193 Å². The summed E-state index contributed by atoms with van der Waals surface area (Å²) in [6.07, 6.45) is 0.760. The van der Waals surface area contributed by atoms with E-state index in [4.69, 9.17) is 9.26 Å². The Balaban J connectivity index is 2.17. The van der Waals surface area contributed by atoms with Crippen molar-refractivity contribution in [2.24, 2.45) is 11.8 Å². The van der Waals surface area contributed by atoms with Crippen molar-refractivity contribution < 1.29 is 28.4 Å². The number of hydrogen-bond donors (Lipinski definition) is 3. The monoisotopic (exact) mass is 465 g/mol. The topological polar surface area (TPSA) is 143 Å². The summed E-state index contributed by atoms with van der Waals surface area (Å²) in [5.41, 5.74) is 1.81. The van der Waals surface area contributed by atoms with E-state index in [1.165, 1.54) is 6.07 Å². The van der Waals surface area contributed by atoms with Gasteiger partial charge in [-0.1, -0.05) is 19.0 Å². The van der Waals surface area contributed by atoms with Crippen molar-refractivity contribution in [1.29, 1.82) is 0 Å². The molecule has 2 heterocycles. The number of nitrogens with zero attached hydrogens (tertiary/aromatic N) is 2. The number of nitrogens with one attached hydrogen (secondary N) is 3. The van der Waals surface area contributed by atoms with E-state index in [2.05, 4.69) is 21.2 Å². The van der Waals surface area contributed by atoms with E-state index in [9.17, 15) is 19.2 Å². The molecule has 1 fully saturated rings. The van der Waals surface area contributed by atoms with Gasteiger partial charge in [0.05, 0.1) is 12.5 Å². The second-order valence-electron chi connectivity index (χ2n) is 9.66. The molecule has 184 valence electrons. The first-order valence-electron chi connectivity index (χ1n) is 11.2. The highest BCUT2D eigenvalue weighted by Gasteiger charge is 2.33. The van der Waals surface area contributed by atoms with Crippen LogP contribution in [0.3, 0.4) is 0 Å². The van der Waals surface area contributed by atoms with Crippen molar-refractivity contribution in [3.8, 4) is 0 Å². The van der Waals surface area contributed by atoms with Gasteiger partial charge in [-0.15, -0.1) is 0 Å². The number of ether oxygens (including phenoxy) is 1. The molecule has 1 aromatic heterocycles. The second kappa shape index (κ2) is 11.2. The molecule has 11 nitrogen and oxygen atoms in total. The molecule has 0 aromatic carbocycles.